The maximum atomic E-state index is 11.7. The molecule has 0 aromatic heterocycles. The van der Waals surface area contributed by atoms with Gasteiger partial charge in [-0.3, -0.25) is 9.59 Å². The first kappa shape index (κ1) is 15.6. The van der Waals surface area contributed by atoms with Crippen molar-refractivity contribution in [3.8, 4) is 12.5 Å². The number of rotatable bonds is 4. The van der Waals surface area contributed by atoms with Crippen molar-refractivity contribution in [2.24, 2.45) is 0 Å². The lowest BCUT2D eigenvalue weighted by Crippen LogP contribution is -2.72. The summed E-state index contributed by atoms with van der Waals surface area (Å²) in [5, 5.41) is 40.7. The van der Waals surface area contributed by atoms with E-state index in [4.69, 9.17) is 16.3 Å². The lowest BCUT2D eigenvalue weighted by Gasteiger charge is -2.45. The van der Waals surface area contributed by atoms with Crippen LogP contribution < -0.4 is 5.32 Å². The number of carbonyl (C=O) groups excluding carboxylic acids is 2. The Morgan fingerprint density at radius 3 is 2.42 bits per heavy atom. The zero-order valence-corrected chi connectivity index (χ0v) is 10.1. The van der Waals surface area contributed by atoms with E-state index in [2.05, 4.69) is 5.32 Å². The third-order valence-electron chi connectivity index (χ3n) is 2.89. The smallest absolute Gasteiger partial charge is 0.259 e. The molecule has 0 spiro atoms. The van der Waals surface area contributed by atoms with E-state index in [1.807, 2.05) is 6.04 Å². The van der Waals surface area contributed by atoms with Gasteiger partial charge in [0.15, 0.2) is 0 Å². The molecular weight excluding hydrogens is 258 g/mol. The number of aliphatic hydroxyl groups is 4. The summed E-state index contributed by atoms with van der Waals surface area (Å²) in [5.74, 6) is -5.12. The van der Waals surface area contributed by atoms with Gasteiger partial charge < -0.3 is 30.5 Å². The molecule has 5 atom stereocenters. The maximum absolute atomic E-state index is 11.7. The van der Waals surface area contributed by atoms with Gasteiger partial charge in [0, 0.05) is 13.0 Å². The number of terminal acetylenes is 1. The van der Waals surface area contributed by atoms with E-state index in [1.54, 1.807) is 0 Å². The number of ketones is 2. The van der Waals surface area contributed by atoms with Crippen LogP contribution in [0.1, 0.15) is 6.92 Å². The molecule has 1 aliphatic heterocycles. The van der Waals surface area contributed by atoms with Crippen LogP contribution in [0.15, 0.2) is 0 Å². The first-order valence-electron chi connectivity index (χ1n) is 5.43. The van der Waals surface area contributed by atoms with E-state index in [1.165, 1.54) is 0 Å². The van der Waals surface area contributed by atoms with Crippen molar-refractivity contribution in [3.05, 3.63) is 0 Å². The molecule has 1 aliphatic rings. The average molecular weight is 273 g/mol. The van der Waals surface area contributed by atoms with Gasteiger partial charge in [-0.1, -0.05) is 6.42 Å². The van der Waals surface area contributed by atoms with Crippen LogP contribution in [0.5, 0.6) is 0 Å². The van der Waals surface area contributed by atoms with E-state index in [0.29, 0.717) is 0 Å². The fraction of sp³-hybridized carbons (Fsp3) is 0.636. The summed E-state index contributed by atoms with van der Waals surface area (Å²) < 4.78 is 4.86. The van der Waals surface area contributed by atoms with Gasteiger partial charge in [0.25, 0.3) is 11.6 Å². The van der Waals surface area contributed by atoms with Crippen molar-refractivity contribution in [1.82, 2.24) is 5.32 Å². The van der Waals surface area contributed by atoms with E-state index >= 15 is 0 Å². The number of Topliss-reactive ketones (excluding diaryl/α,β-unsaturated/α-hetero) is 2. The average Bonchev–Trinajstić information content (AvgIpc) is 2.38. The highest BCUT2D eigenvalue weighted by atomic mass is 16.7. The minimum absolute atomic E-state index is 0.769. The Balaban J connectivity index is 3.20. The third-order valence-corrected chi connectivity index (χ3v) is 2.89. The summed E-state index contributed by atoms with van der Waals surface area (Å²) >= 11 is 0. The molecular formula is C11H15NO7. The van der Waals surface area contributed by atoms with Crippen molar-refractivity contribution in [2.45, 2.75) is 37.1 Å². The Hall–Kier alpha value is -1.50. The minimum Gasteiger partial charge on any atom is -0.394 e. The Kier molecular flexibility index (Phi) is 4.62. The SMILES string of the molecule is C#CN[C@@H]1[C@@H](O)[C@H](O)[C@@H](CO)OC1(O)C(=O)C(C)=O. The van der Waals surface area contributed by atoms with Crippen LogP contribution in [-0.2, 0) is 14.3 Å². The molecule has 1 unspecified atom stereocenters. The minimum atomic E-state index is -2.76. The highest BCUT2D eigenvalue weighted by Crippen LogP contribution is 2.29. The van der Waals surface area contributed by atoms with E-state index in [-0.39, 0.29) is 0 Å². The zero-order chi connectivity index (χ0) is 14.8. The van der Waals surface area contributed by atoms with E-state index < -0.39 is 48.3 Å². The molecule has 1 saturated heterocycles. The fourth-order valence-corrected chi connectivity index (χ4v) is 1.89. The Labute approximate surface area is 109 Å². The van der Waals surface area contributed by atoms with Crippen LogP contribution in [-0.4, -0.2) is 68.7 Å². The highest BCUT2D eigenvalue weighted by molar-refractivity contribution is 6.39. The first-order chi connectivity index (χ1) is 8.79. The molecule has 1 rings (SSSR count). The molecule has 1 fully saturated rings. The molecule has 19 heavy (non-hydrogen) atoms. The van der Waals surface area contributed by atoms with Gasteiger partial charge in [0.05, 0.1) is 6.61 Å². The van der Waals surface area contributed by atoms with Crippen LogP contribution in [0.25, 0.3) is 0 Å². The third kappa shape index (κ3) is 2.60. The maximum Gasteiger partial charge on any atom is 0.259 e. The molecule has 0 bridgehead atoms. The molecule has 1 heterocycles. The Morgan fingerprint density at radius 2 is 2.00 bits per heavy atom. The lowest BCUT2D eigenvalue weighted by molar-refractivity contribution is -0.299. The standard InChI is InChI=1S/C11H15NO7/c1-3-12-9-8(16)7(15)6(4-13)19-11(9,18)10(17)5(2)14/h1,6-9,12-13,15-16,18H,4H2,2H3/t6-,7-,8+,9-,11?/m1/s1. The van der Waals surface area contributed by atoms with Gasteiger partial charge in [0.1, 0.15) is 24.4 Å². The molecule has 0 amide bonds. The first-order valence-corrected chi connectivity index (χ1v) is 5.43. The number of aliphatic hydroxyl groups excluding tert-OH is 3. The second-order valence-electron chi connectivity index (χ2n) is 4.17. The Bertz CT molecular complexity index is 418. The molecule has 0 aliphatic carbocycles. The molecule has 0 aromatic carbocycles. The number of nitrogens with one attached hydrogen (secondary N) is 1. The van der Waals surface area contributed by atoms with Gasteiger partial charge in [-0.05, 0) is 0 Å². The van der Waals surface area contributed by atoms with Gasteiger partial charge in [-0.15, -0.1) is 0 Å². The number of carbonyl (C=O) groups is 2. The largest absolute Gasteiger partial charge is 0.394 e. The number of hydrogen-bond donors (Lipinski definition) is 5. The van der Waals surface area contributed by atoms with Crippen LogP contribution in [0.3, 0.4) is 0 Å². The monoisotopic (exact) mass is 273 g/mol. The van der Waals surface area contributed by atoms with Gasteiger partial charge in [0.2, 0.25) is 5.78 Å². The zero-order valence-electron chi connectivity index (χ0n) is 10.1. The predicted molar refractivity (Wildman–Crippen MR) is 60.4 cm³/mol. The molecule has 0 saturated carbocycles. The van der Waals surface area contributed by atoms with Crippen LogP contribution >= 0.6 is 0 Å². The topological polar surface area (TPSA) is 136 Å². The van der Waals surface area contributed by atoms with Crippen molar-refractivity contribution in [2.75, 3.05) is 6.61 Å². The molecule has 5 N–H and O–H groups in total. The van der Waals surface area contributed by atoms with Crippen molar-refractivity contribution < 1.29 is 34.8 Å². The Morgan fingerprint density at radius 1 is 1.42 bits per heavy atom. The van der Waals surface area contributed by atoms with E-state index in [0.717, 1.165) is 6.92 Å². The molecule has 106 valence electrons. The van der Waals surface area contributed by atoms with Crippen molar-refractivity contribution >= 4 is 11.6 Å². The second kappa shape index (κ2) is 5.64. The fourth-order valence-electron chi connectivity index (χ4n) is 1.89. The summed E-state index contributed by atoms with van der Waals surface area (Å²) in [7, 11) is 0. The van der Waals surface area contributed by atoms with Crippen LogP contribution in [0, 0.1) is 12.5 Å². The normalized spacial score (nSPS) is 38.3. The van der Waals surface area contributed by atoms with Crippen molar-refractivity contribution in [3.63, 3.8) is 0 Å². The number of hydrogen-bond acceptors (Lipinski definition) is 8. The van der Waals surface area contributed by atoms with Gasteiger partial charge in [-0.2, -0.15) is 0 Å². The number of ether oxygens (including phenoxy) is 1. The summed E-state index contributed by atoms with van der Waals surface area (Å²) in [6, 6.07) is 0.278. The lowest BCUT2D eigenvalue weighted by atomic mass is 9.87. The summed E-state index contributed by atoms with van der Waals surface area (Å²) in [6.07, 6.45) is 0.234. The quantitative estimate of drug-likeness (QED) is 0.202. The molecule has 0 radical (unpaired) electrons. The van der Waals surface area contributed by atoms with Gasteiger partial charge in [-0.25, -0.2) is 0 Å². The van der Waals surface area contributed by atoms with Crippen molar-refractivity contribution in [1.29, 1.82) is 0 Å². The van der Waals surface area contributed by atoms with E-state index in [9.17, 15) is 24.9 Å². The predicted octanol–water partition coefficient (Wildman–Crippen LogP) is -3.51. The van der Waals surface area contributed by atoms with Crippen LogP contribution in [0.4, 0.5) is 0 Å². The highest BCUT2D eigenvalue weighted by Gasteiger charge is 2.58. The summed E-state index contributed by atoms with van der Waals surface area (Å²) in [6.45, 7) is 0.135. The summed E-state index contributed by atoms with van der Waals surface area (Å²) in [4.78, 5) is 22.8. The van der Waals surface area contributed by atoms with Crippen LogP contribution in [0.2, 0.25) is 0 Å². The summed E-state index contributed by atoms with van der Waals surface area (Å²) in [5.41, 5.74) is 0. The molecule has 8 nitrogen and oxygen atoms in total. The second-order valence-corrected chi connectivity index (χ2v) is 4.17. The van der Waals surface area contributed by atoms with Gasteiger partial charge >= 0.3 is 0 Å². The molecule has 8 heteroatoms. The molecule has 0 aromatic rings.